The summed E-state index contributed by atoms with van der Waals surface area (Å²) in [4.78, 5) is 23.4. The van der Waals surface area contributed by atoms with Crippen LogP contribution in [0.3, 0.4) is 0 Å². The van der Waals surface area contributed by atoms with Gasteiger partial charge in [-0.05, 0) is 17.4 Å². The fourth-order valence-corrected chi connectivity index (χ4v) is 2.39. The van der Waals surface area contributed by atoms with Crippen LogP contribution < -0.4 is 5.32 Å². The van der Waals surface area contributed by atoms with E-state index in [0.717, 1.165) is 12.0 Å². The highest BCUT2D eigenvalue weighted by Gasteiger charge is 2.22. The molecule has 0 bridgehead atoms. The fraction of sp³-hybridized carbons (Fsp3) is 0.529. The van der Waals surface area contributed by atoms with Crippen LogP contribution in [0.2, 0.25) is 0 Å². The van der Waals surface area contributed by atoms with Gasteiger partial charge in [-0.25, -0.2) is 4.79 Å². The maximum atomic E-state index is 12.0. The molecule has 4 nitrogen and oxygen atoms in total. The first-order valence-corrected chi connectivity index (χ1v) is 7.50. The van der Waals surface area contributed by atoms with Crippen LogP contribution in [0.25, 0.3) is 0 Å². The molecule has 116 valence electrons. The van der Waals surface area contributed by atoms with Crippen molar-refractivity contribution in [2.75, 3.05) is 0 Å². The molecular weight excluding hydrogens is 266 g/mol. The molecule has 0 aromatic heterocycles. The molecule has 1 rings (SSSR count). The smallest absolute Gasteiger partial charge is 0.326 e. The van der Waals surface area contributed by atoms with Crippen molar-refractivity contribution in [3.05, 3.63) is 35.9 Å². The zero-order valence-electron chi connectivity index (χ0n) is 13.0. The summed E-state index contributed by atoms with van der Waals surface area (Å²) in [5.74, 6) is -0.474. The molecule has 2 atom stereocenters. The van der Waals surface area contributed by atoms with Gasteiger partial charge >= 0.3 is 5.97 Å². The van der Waals surface area contributed by atoms with Crippen LogP contribution in [0.4, 0.5) is 0 Å². The van der Waals surface area contributed by atoms with Crippen LogP contribution in [0.1, 0.15) is 39.2 Å². The first kappa shape index (κ1) is 17.2. The fourth-order valence-electron chi connectivity index (χ4n) is 2.39. The van der Waals surface area contributed by atoms with Crippen molar-refractivity contribution in [2.45, 2.75) is 46.1 Å². The third-order valence-corrected chi connectivity index (χ3v) is 3.83. The van der Waals surface area contributed by atoms with Gasteiger partial charge in [-0.2, -0.15) is 0 Å². The second kappa shape index (κ2) is 8.45. The van der Waals surface area contributed by atoms with Crippen molar-refractivity contribution in [1.29, 1.82) is 0 Å². The van der Waals surface area contributed by atoms with Gasteiger partial charge in [0.05, 0.1) is 0 Å². The van der Waals surface area contributed by atoms with E-state index in [0.29, 0.717) is 18.8 Å². The summed E-state index contributed by atoms with van der Waals surface area (Å²) in [6.07, 6.45) is 1.61. The number of carbonyl (C=O) groups excluding carboxylic acids is 1. The third-order valence-electron chi connectivity index (χ3n) is 3.83. The molecule has 0 saturated carbocycles. The maximum absolute atomic E-state index is 12.0. The first-order chi connectivity index (χ1) is 9.93. The lowest BCUT2D eigenvalue weighted by molar-refractivity contribution is -0.142. The number of rotatable bonds is 8. The number of hydrogen-bond acceptors (Lipinski definition) is 2. The van der Waals surface area contributed by atoms with E-state index in [9.17, 15) is 14.7 Å². The maximum Gasteiger partial charge on any atom is 0.326 e. The van der Waals surface area contributed by atoms with Crippen molar-refractivity contribution < 1.29 is 14.7 Å². The molecule has 0 heterocycles. The lowest BCUT2D eigenvalue weighted by Gasteiger charge is -2.20. The molecule has 0 fully saturated rings. The quantitative estimate of drug-likeness (QED) is 0.774. The van der Waals surface area contributed by atoms with Crippen LogP contribution in [0.5, 0.6) is 0 Å². The summed E-state index contributed by atoms with van der Waals surface area (Å²) >= 11 is 0. The van der Waals surface area contributed by atoms with E-state index in [2.05, 4.69) is 26.1 Å². The van der Waals surface area contributed by atoms with E-state index in [4.69, 9.17) is 0 Å². The second-order valence-corrected chi connectivity index (χ2v) is 5.76. The molecule has 1 aromatic rings. The minimum Gasteiger partial charge on any atom is -0.480 e. The second-order valence-electron chi connectivity index (χ2n) is 5.76. The van der Waals surface area contributed by atoms with E-state index >= 15 is 0 Å². The molecule has 1 unspecified atom stereocenters. The molecule has 0 spiro atoms. The third kappa shape index (κ3) is 5.98. The monoisotopic (exact) mass is 291 g/mol. The molecule has 4 heteroatoms. The number of carbonyl (C=O) groups is 2. The highest BCUT2D eigenvalue weighted by Crippen LogP contribution is 2.18. The summed E-state index contributed by atoms with van der Waals surface area (Å²) in [5.41, 5.74) is 0.904. The number of carboxylic acid groups (broad SMARTS) is 1. The lowest BCUT2D eigenvalue weighted by Crippen LogP contribution is -2.43. The summed E-state index contributed by atoms with van der Waals surface area (Å²) < 4.78 is 0. The van der Waals surface area contributed by atoms with Gasteiger partial charge in [-0.15, -0.1) is 0 Å². The molecule has 0 radical (unpaired) electrons. The Hall–Kier alpha value is -1.84. The average Bonchev–Trinajstić information content (AvgIpc) is 2.44. The Labute approximate surface area is 126 Å². The van der Waals surface area contributed by atoms with Gasteiger partial charge in [0.25, 0.3) is 0 Å². The standard InChI is InChI=1S/C17H25NO3/c1-4-14(12(2)3)11-16(19)18-15(17(20)21)10-13-8-6-5-7-9-13/h5-9,12,14-15H,4,10-11H2,1-3H3,(H,18,19)(H,20,21)/t14?,15-/m0/s1. The number of carboxylic acids is 1. The van der Waals surface area contributed by atoms with Gasteiger partial charge in [0.2, 0.25) is 5.91 Å². The summed E-state index contributed by atoms with van der Waals surface area (Å²) in [5, 5.41) is 11.9. The Bertz CT molecular complexity index is 456. The highest BCUT2D eigenvalue weighted by molar-refractivity contribution is 5.83. The molecule has 1 aromatic carbocycles. The lowest BCUT2D eigenvalue weighted by atomic mass is 9.90. The molecule has 1 amide bonds. The van der Waals surface area contributed by atoms with Crippen molar-refractivity contribution in [3.8, 4) is 0 Å². The van der Waals surface area contributed by atoms with Crippen molar-refractivity contribution in [3.63, 3.8) is 0 Å². The highest BCUT2D eigenvalue weighted by atomic mass is 16.4. The topological polar surface area (TPSA) is 66.4 Å². The Morgan fingerprint density at radius 1 is 1.19 bits per heavy atom. The van der Waals surface area contributed by atoms with Gasteiger partial charge in [0, 0.05) is 12.8 Å². The Morgan fingerprint density at radius 3 is 2.29 bits per heavy atom. The summed E-state index contributed by atoms with van der Waals surface area (Å²) in [6, 6.07) is 8.47. The van der Waals surface area contributed by atoms with Gasteiger partial charge in [0.1, 0.15) is 6.04 Å². The SMILES string of the molecule is CCC(CC(=O)N[C@@H](Cc1ccccc1)C(=O)O)C(C)C. The number of hydrogen-bond donors (Lipinski definition) is 2. The Balaban J connectivity index is 2.62. The largest absolute Gasteiger partial charge is 0.480 e. The molecule has 0 saturated heterocycles. The number of benzene rings is 1. The minimum absolute atomic E-state index is 0.182. The van der Waals surface area contributed by atoms with Crippen LogP contribution in [0.15, 0.2) is 30.3 Å². The molecule has 0 aliphatic heterocycles. The van der Waals surface area contributed by atoms with Crippen LogP contribution in [-0.2, 0) is 16.0 Å². The summed E-state index contributed by atoms with van der Waals surface area (Å²) in [7, 11) is 0. The molecular formula is C17H25NO3. The first-order valence-electron chi connectivity index (χ1n) is 7.50. The van der Waals surface area contributed by atoms with Gasteiger partial charge < -0.3 is 10.4 Å². The van der Waals surface area contributed by atoms with Crippen molar-refractivity contribution in [2.24, 2.45) is 11.8 Å². The van der Waals surface area contributed by atoms with Crippen molar-refractivity contribution >= 4 is 11.9 Å². The molecule has 2 N–H and O–H groups in total. The van der Waals surface area contributed by atoms with Gasteiger partial charge in [-0.3, -0.25) is 4.79 Å². The number of nitrogens with one attached hydrogen (secondary N) is 1. The summed E-state index contributed by atoms with van der Waals surface area (Å²) in [6.45, 7) is 6.22. The zero-order valence-corrected chi connectivity index (χ0v) is 13.0. The predicted octanol–water partition coefficient (Wildman–Crippen LogP) is 2.87. The normalized spacial score (nSPS) is 13.7. The van der Waals surface area contributed by atoms with E-state index in [1.807, 2.05) is 30.3 Å². The van der Waals surface area contributed by atoms with E-state index in [1.54, 1.807) is 0 Å². The van der Waals surface area contributed by atoms with E-state index in [1.165, 1.54) is 0 Å². The van der Waals surface area contributed by atoms with Crippen LogP contribution in [-0.4, -0.2) is 23.0 Å². The zero-order chi connectivity index (χ0) is 15.8. The Kier molecular flexibility index (Phi) is 6.92. The average molecular weight is 291 g/mol. The van der Waals surface area contributed by atoms with Crippen LogP contribution in [0, 0.1) is 11.8 Å². The van der Waals surface area contributed by atoms with Gasteiger partial charge in [0.15, 0.2) is 0 Å². The molecule has 0 aliphatic carbocycles. The van der Waals surface area contributed by atoms with Crippen LogP contribution >= 0.6 is 0 Å². The van der Waals surface area contributed by atoms with E-state index in [-0.39, 0.29) is 11.8 Å². The number of aliphatic carboxylic acids is 1. The molecule has 0 aliphatic rings. The molecule has 21 heavy (non-hydrogen) atoms. The van der Waals surface area contributed by atoms with E-state index < -0.39 is 12.0 Å². The predicted molar refractivity (Wildman–Crippen MR) is 82.9 cm³/mol. The number of amides is 1. The Morgan fingerprint density at radius 2 is 1.81 bits per heavy atom. The van der Waals surface area contributed by atoms with Crippen molar-refractivity contribution in [1.82, 2.24) is 5.32 Å². The van der Waals surface area contributed by atoms with Gasteiger partial charge in [-0.1, -0.05) is 57.5 Å². The minimum atomic E-state index is -0.996.